The molecule has 0 spiro atoms. The fourth-order valence-corrected chi connectivity index (χ4v) is 5.49. The van der Waals surface area contributed by atoms with Crippen molar-refractivity contribution in [2.45, 2.75) is 70.4 Å². The topological polar surface area (TPSA) is 145 Å². The number of thiazole rings is 1. The Kier molecular flexibility index (Phi) is 15.8. The predicted octanol–water partition coefficient (Wildman–Crippen LogP) is 4.33. The summed E-state index contributed by atoms with van der Waals surface area (Å²) in [6.07, 6.45) is 3.77. The number of rotatable bonds is 18. The van der Waals surface area contributed by atoms with Gasteiger partial charge in [-0.05, 0) is 56.2 Å². The van der Waals surface area contributed by atoms with Crippen LogP contribution in [0, 0.1) is 0 Å². The number of thiocarbonyl (C=S) groups is 1. The van der Waals surface area contributed by atoms with E-state index in [1.807, 2.05) is 67.6 Å². The van der Waals surface area contributed by atoms with Gasteiger partial charge in [0.1, 0.15) is 12.6 Å². The van der Waals surface area contributed by atoms with E-state index >= 15 is 0 Å². The van der Waals surface area contributed by atoms with Crippen LogP contribution in [-0.2, 0) is 29.0 Å². The molecule has 0 saturated carbocycles. The fourth-order valence-electron chi connectivity index (χ4n) is 4.92. The number of amides is 4. The maximum absolute atomic E-state index is 13.6. The lowest BCUT2D eigenvalue weighted by atomic mass is 9.95. The summed E-state index contributed by atoms with van der Waals surface area (Å²) in [5, 5.41) is 22.0. The summed E-state index contributed by atoms with van der Waals surface area (Å²) in [5.41, 5.74) is 5.95. The first-order valence-corrected chi connectivity index (χ1v) is 16.7. The van der Waals surface area contributed by atoms with Gasteiger partial charge in [0, 0.05) is 38.1 Å². The Morgan fingerprint density at radius 2 is 1.57 bits per heavy atom. The molecule has 0 saturated heterocycles. The van der Waals surface area contributed by atoms with Gasteiger partial charge in [-0.15, -0.1) is 11.3 Å². The van der Waals surface area contributed by atoms with E-state index in [0.717, 1.165) is 21.6 Å². The first-order valence-electron chi connectivity index (χ1n) is 15.4. The number of aromatic nitrogens is 1. The van der Waals surface area contributed by atoms with Crippen molar-refractivity contribution in [1.29, 1.82) is 0 Å². The second-order valence-corrected chi connectivity index (χ2v) is 12.6. The van der Waals surface area contributed by atoms with Gasteiger partial charge in [0.2, 0.25) is 5.91 Å². The zero-order valence-corrected chi connectivity index (χ0v) is 28.6. The highest BCUT2D eigenvalue weighted by Gasteiger charge is 2.29. The van der Waals surface area contributed by atoms with Crippen molar-refractivity contribution in [3.8, 4) is 0 Å². The van der Waals surface area contributed by atoms with Crippen molar-refractivity contribution in [3.05, 3.63) is 100 Å². The van der Waals surface area contributed by atoms with Crippen molar-refractivity contribution in [1.82, 2.24) is 31.2 Å². The molecule has 1 heterocycles. The third-order valence-corrected chi connectivity index (χ3v) is 8.17. The molecule has 11 nitrogen and oxygen atoms in total. The van der Waals surface area contributed by atoms with Gasteiger partial charge in [-0.1, -0.05) is 72.9 Å². The maximum atomic E-state index is 13.6. The summed E-state index contributed by atoms with van der Waals surface area (Å²) in [4.78, 5) is 45.6. The summed E-state index contributed by atoms with van der Waals surface area (Å²) < 4.78 is 5.44. The van der Waals surface area contributed by atoms with E-state index in [0.29, 0.717) is 25.7 Å². The zero-order valence-electron chi connectivity index (χ0n) is 26.9. The Hall–Kier alpha value is -4.33. The third kappa shape index (κ3) is 13.9. The van der Waals surface area contributed by atoms with Crippen LogP contribution in [0.3, 0.4) is 0 Å². The first kappa shape index (κ1) is 37.1. The van der Waals surface area contributed by atoms with Crippen LogP contribution in [0.15, 0.2) is 84.1 Å². The average molecular weight is 681 g/mol. The smallest absolute Gasteiger partial charge is 0.407 e. The highest BCUT2D eigenvalue weighted by molar-refractivity contribution is 7.78. The Morgan fingerprint density at radius 1 is 0.979 bits per heavy atom. The molecule has 0 radical (unpaired) electrons. The molecule has 0 bridgehead atoms. The van der Waals surface area contributed by atoms with Crippen molar-refractivity contribution in [2.24, 2.45) is 0 Å². The molecule has 47 heavy (non-hydrogen) atoms. The number of aliphatic hydroxyl groups is 1. The molecule has 0 aliphatic rings. The molecule has 0 aliphatic carbocycles. The monoisotopic (exact) mass is 680 g/mol. The SMILES string of the molecule is C/C(=C\NC=S)CN(C)C(=O)N[C@H](C(=O)N[C@H](CC[C@H](Cc1ccccc1)NC(=O)OCc1cncs1)Cc1ccccc1)C(C)O. The van der Waals surface area contributed by atoms with Gasteiger partial charge in [-0.25, -0.2) is 9.59 Å². The van der Waals surface area contributed by atoms with Gasteiger partial charge in [0.15, 0.2) is 0 Å². The van der Waals surface area contributed by atoms with E-state index in [2.05, 4.69) is 26.3 Å². The van der Waals surface area contributed by atoms with Crippen LogP contribution in [0.25, 0.3) is 0 Å². The number of carbonyl (C=O) groups excluding carboxylic acids is 3. The number of hydrogen-bond acceptors (Lipinski definition) is 8. The molecule has 1 unspecified atom stereocenters. The Balaban J connectivity index is 1.71. The number of alkyl carbamates (subject to hydrolysis) is 1. The number of carbonyl (C=O) groups is 3. The number of urea groups is 1. The quantitative estimate of drug-likeness (QED) is 0.125. The summed E-state index contributed by atoms with van der Waals surface area (Å²) in [5.74, 6) is -0.506. The van der Waals surface area contributed by atoms with Crippen molar-refractivity contribution >= 4 is 47.1 Å². The second-order valence-electron chi connectivity index (χ2n) is 11.3. The van der Waals surface area contributed by atoms with Crippen LogP contribution in [0.1, 0.15) is 42.7 Å². The van der Waals surface area contributed by atoms with Crippen molar-refractivity contribution < 1.29 is 24.2 Å². The zero-order chi connectivity index (χ0) is 34.0. The van der Waals surface area contributed by atoms with Crippen molar-refractivity contribution in [2.75, 3.05) is 13.6 Å². The minimum Gasteiger partial charge on any atom is -0.444 e. The summed E-state index contributed by atoms with van der Waals surface area (Å²) in [6.45, 7) is 3.71. The Bertz CT molecular complexity index is 1420. The average Bonchev–Trinajstić information content (AvgIpc) is 3.58. The van der Waals surface area contributed by atoms with E-state index < -0.39 is 30.2 Å². The summed E-state index contributed by atoms with van der Waals surface area (Å²) in [6, 6.07) is 17.2. The highest BCUT2D eigenvalue weighted by Crippen LogP contribution is 2.15. The number of hydrogen-bond donors (Lipinski definition) is 5. The van der Waals surface area contributed by atoms with Crippen LogP contribution in [0.4, 0.5) is 9.59 Å². The first-order chi connectivity index (χ1) is 22.6. The largest absolute Gasteiger partial charge is 0.444 e. The molecule has 5 N–H and O–H groups in total. The maximum Gasteiger partial charge on any atom is 0.407 e. The second kappa shape index (κ2) is 20.0. The van der Waals surface area contributed by atoms with E-state index in [4.69, 9.17) is 17.0 Å². The van der Waals surface area contributed by atoms with Crippen LogP contribution in [0.2, 0.25) is 0 Å². The molecule has 13 heteroatoms. The number of benzene rings is 2. The number of ether oxygens (including phenoxy) is 1. The highest BCUT2D eigenvalue weighted by atomic mass is 32.1. The molecule has 1 aromatic heterocycles. The molecule has 4 amide bonds. The third-order valence-electron chi connectivity index (χ3n) is 7.29. The van der Waals surface area contributed by atoms with Gasteiger partial charge >= 0.3 is 12.1 Å². The summed E-state index contributed by atoms with van der Waals surface area (Å²) in [7, 11) is 1.60. The lowest BCUT2D eigenvalue weighted by molar-refractivity contribution is -0.126. The van der Waals surface area contributed by atoms with Gasteiger partial charge in [0.25, 0.3) is 0 Å². The van der Waals surface area contributed by atoms with Gasteiger partial charge in [-0.3, -0.25) is 9.78 Å². The number of likely N-dealkylation sites (N-methyl/N-ethyl adjacent to an activating group) is 1. The normalized spacial score (nSPS) is 13.7. The van der Waals surface area contributed by atoms with Crippen LogP contribution < -0.4 is 21.3 Å². The van der Waals surface area contributed by atoms with Gasteiger partial charge < -0.3 is 36.0 Å². The van der Waals surface area contributed by atoms with E-state index in [-0.39, 0.29) is 25.2 Å². The van der Waals surface area contributed by atoms with Crippen LogP contribution >= 0.6 is 23.6 Å². The van der Waals surface area contributed by atoms with Crippen LogP contribution in [0.5, 0.6) is 0 Å². The lowest BCUT2D eigenvalue weighted by Gasteiger charge is -2.28. The molecule has 0 fully saturated rings. The molecule has 3 rings (SSSR count). The number of aliphatic hydroxyl groups excluding tert-OH is 1. The predicted molar refractivity (Wildman–Crippen MR) is 188 cm³/mol. The summed E-state index contributed by atoms with van der Waals surface area (Å²) >= 11 is 6.17. The Labute approximate surface area is 285 Å². The fraction of sp³-hybridized carbons (Fsp3) is 0.382. The molecule has 2 aromatic carbocycles. The molecular weight excluding hydrogens is 637 g/mol. The molecular formula is C34H44N6O5S2. The van der Waals surface area contributed by atoms with Crippen molar-refractivity contribution in [3.63, 3.8) is 0 Å². The lowest BCUT2D eigenvalue weighted by Crippen LogP contribution is -2.57. The van der Waals surface area contributed by atoms with E-state index in [1.165, 1.54) is 28.7 Å². The minimum absolute atomic E-state index is 0.128. The van der Waals surface area contributed by atoms with E-state index in [1.54, 1.807) is 25.0 Å². The number of nitrogens with zero attached hydrogens (tertiary/aromatic N) is 2. The molecule has 3 aromatic rings. The minimum atomic E-state index is -1.19. The standard InChI is InChI=1S/C34H44N6O5S2/c1-24(18-35-22-46)20-40(3)33(43)39-31(25(2)41)32(42)37-28(16-26-10-6-4-7-11-26)14-15-29(17-27-12-8-5-9-13-27)38-34(44)45-21-30-19-36-23-47-30/h4-13,18-19,22-23,25,28-29,31,41H,14-17,20-21H2,1-3H3,(H,35,46)(H,37,42)(H,38,44)(H,39,43)/b24-18+/t25?,28-,29-,31+/m1/s1. The van der Waals surface area contributed by atoms with Gasteiger partial charge in [0.05, 0.1) is 22.0 Å². The van der Waals surface area contributed by atoms with E-state index in [9.17, 15) is 19.5 Å². The molecule has 4 atom stereocenters. The van der Waals surface area contributed by atoms with Gasteiger partial charge in [-0.2, -0.15) is 0 Å². The Morgan fingerprint density at radius 3 is 2.11 bits per heavy atom. The number of nitrogens with one attached hydrogen (secondary N) is 4. The molecule has 0 aliphatic heterocycles. The molecule has 252 valence electrons. The van der Waals surface area contributed by atoms with Crippen LogP contribution in [-0.4, -0.2) is 76.3 Å².